The maximum Gasteiger partial charge on any atom is 0.312 e. The lowest BCUT2D eigenvalue weighted by atomic mass is 10.2. The van der Waals surface area contributed by atoms with E-state index in [4.69, 9.17) is 9.47 Å². The minimum Gasteiger partial charge on any atom is -0.497 e. The Bertz CT molecular complexity index is 1240. The summed E-state index contributed by atoms with van der Waals surface area (Å²) in [7, 11) is 1.62. The second-order valence-electron chi connectivity index (χ2n) is 7.38. The Morgan fingerprint density at radius 2 is 1.68 bits per heavy atom. The molecule has 0 saturated heterocycles. The standard InChI is InChI=1S/C25H23N3O4S2/c1-31-21-9-7-18(8-10-21)25-28-19(15-34-25)11-24(30)32-14-20-16-33-23(27-20)12-22(29)26-13-17-5-3-2-4-6-17/h2-10,15-16H,11-14H2,1H3,(H,26,29). The third-order valence-electron chi connectivity index (χ3n) is 4.84. The molecule has 4 aromatic rings. The van der Waals surface area contributed by atoms with Crippen molar-refractivity contribution < 1.29 is 19.1 Å². The number of esters is 1. The quantitative estimate of drug-likeness (QED) is 0.329. The minimum atomic E-state index is -0.373. The molecule has 0 bridgehead atoms. The van der Waals surface area contributed by atoms with Gasteiger partial charge in [-0.15, -0.1) is 22.7 Å². The number of carbonyl (C=O) groups excluding carboxylic acids is 2. The highest BCUT2D eigenvalue weighted by Crippen LogP contribution is 2.26. The number of nitrogens with zero attached hydrogens (tertiary/aromatic N) is 2. The Hall–Kier alpha value is -3.56. The van der Waals surface area contributed by atoms with Gasteiger partial charge in [0.25, 0.3) is 0 Å². The summed E-state index contributed by atoms with van der Waals surface area (Å²) in [4.78, 5) is 33.3. The number of hydrogen-bond acceptors (Lipinski definition) is 8. The van der Waals surface area contributed by atoms with E-state index in [1.807, 2.05) is 60.0 Å². The van der Waals surface area contributed by atoms with Crippen molar-refractivity contribution >= 4 is 34.6 Å². The highest BCUT2D eigenvalue weighted by molar-refractivity contribution is 7.13. The van der Waals surface area contributed by atoms with Gasteiger partial charge in [0, 0.05) is 22.9 Å². The molecule has 0 fully saturated rings. The van der Waals surface area contributed by atoms with Crippen LogP contribution in [0.25, 0.3) is 10.6 Å². The molecule has 1 N–H and O–H groups in total. The first-order chi connectivity index (χ1) is 16.6. The van der Waals surface area contributed by atoms with Gasteiger partial charge in [-0.2, -0.15) is 0 Å². The largest absolute Gasteiger partial charge is 0.497 e. The molecule has 9 heteroatoms. The second-order valence-corrected chi connectivity index (χ2v) is 9.18. The highest BCUT2D eigenvalue weighted by Gasteiger charge is 2.13. The van der Waals surface area contributed by atoms with E-state index < -0.39 is 0 Å². The molecule has 0 radical (unpaired) electrons. The van der Waals surface area contributed by atoms with Gasteiger partial charge in [-0.05, 0) is 29.8 Å². The minimum absolute atomic E-state index is 0.0659. The third kappa shape index (κ3) is 6.72. The normalized spacial score (nSPS) is 10.6. The van der Waals surface area contributed by atoms with Crippen LogP contribution in [0.15, 0.2) is 65.4 Å². The number of amides is 1. The Morgan fingerprint density at radius 3 is 2.44 bits per heavy atom. The number of carbonyl (C=O) groups is 2. The summed E-state index contributed by atoms with van der Waals surface area (Å²) in [6.07, 6.45) is 0.282. The molecule has 0 atom stereocenters. The van der Waals surface area contributed by atoms with Gasteiger partial charge in [-0.3, -0.25) is 9.59 Å². The first kappa shape index (κ1) is 23.6. The van der Waals surface area contributed by atoms with E-state index in [9.17, 15) is 9.59 Å². The topological polar surface area (TPSA) is 90.4 Å². The van der Waals surface area contributed by atoms with E-state index in [1.165, 1.54) is 22.7 Å². The fourth-order valence-electron chi connectivity index (χ4n) is 3.10. The molecule has 2 heterocycles. The van der Waals surface area contributed by atoms with Crippen molar-refractivity contribution in [1.82, 2.24) is 15.3 Å². The number of nitrogens with one attached hydrogen (secondary N) is 1. The van der Waals surface area contributed by atoms with Crippen molar-refractivity contribution in [1.29, 1.82) is 0 Å². The molecule has 0 unspecified atom stereocenters. The fraction of sp³-hybridized carbons (Fsp3) is 0.200. The van der Waals surface area contributed by atoms with E-state index in [2.05, 4.69) is 15.3 Å². The van der Waals surface area contributed by atoms with Crippen molar-refractivity contribution in [2.24, 2.45) is 0 Å². The molecule has 2 aromatic heterocycles. The number of hydrogen-bond donors (Lipinski definition) is 1. The van der Waals surface area contributed by atoms with Gasteiger partial charge in [-0.25, -0.2) is 9.97 Å². The van der Waals surface area contributed by atoms with E-state index >= 15 is 0 Å². The third-order valence-corrected chi connectivity index (χ3v) is 6.68. The Labute approximate surface area is 205 Å². The lowest BCUT2D eigenvalue weighted by molar-refractivity contribution is -0.144. The molecule has 1 amide bonds. The smallest absolute Gasteiger partial charge is 0.312 e. The van der Waals surface area contributed by atoms with Crippen LogP contribution in [-0.2, 0) is 40.3 Å². The van der Waals surface area contributed by atoms with Crippen LogP contribution < -0.4 is 10.1 Å². The molecule has 174 valence electrons. The van der Waals surface area contributed by atoms with E-state index in [0.29, 0.717) is 22.9 Å². The van der Waals surface area contributed by atoms with Crippen LogP contribution in [-0.4, -0.2) is 29.0 Å². The summed E-state index contributed by atoms with van der Waals surface area (Å²) in [6.45, 7) is 0.544. The van der Waals surface area contributed by atoms with Crippen molar-refractivity contribution in [3.05, 3.63) is 87.3 Å². The van der Waals surface area contributed by atoms with Crippen LogP contribution in [0.1, 0.15) is 22.0 Å². The zero-order chi connectivity index (χ0) is 23.8. The monoisotopic (exact) mass is 493 g/mol. The van der Waals surface area contributed by atoms with Crippen LogP contribution in [0.3, 0.4) is 0 Å². The number of benzene rings is 2. The number of ether oxygens (including phenoxy) is 2. The van der Waals surface area contributed by atoms with Gasteiger partial charge in [0.1, 0.15) is 22.4 Å². The Morgan fingerprint density at radius 1 is 0.912 bits per heavy atom. The van der Waals surface area contributed by atoms with Gasteiger partial charge >= 0.3 is 5.97 Å². The van der Waals surface area contributed by atoms with Crippen LogP contribution in [0.2, 0.25) is 0 Å². The molecule has 0 saturated carbocycles. The summed E-state index contributed by atoms with van der Waals surface area (Å²) < 4.78 is 10.5. The fourth-order valence-corrected chi connectivity index (χ4v) is 4.70. The van der Waals surface area contributed by atoms with Crippen LogP contribution in [0.5, 0.6) is 5.75 Å². The molecule has 4 rings (SSSR count). The number of rotatable bonds is 10. The first-order valence-corrected chi connectivity index (χ1v) is 12.3. The molecule has 0 spiro atoms. The number of methoxy groups -OCH3 is 1. The average molecular weight is 494 g/mol. The van der Waals surface area contributed by atoms with Crippen molar-refractivity contribution in [2.45, 2.75) is 26.0 Å². The lowest BCUT2D eigenvalue weighted by Crippen LogP contribution is -2.24. The molecular weight excluding hydrogens is 470 g/mol. The van der Waals surface area contributed by atoms with E-state index in [1.54, 1.807) is 12.5 Å². The second kappa shape index (κ2) is 11.5. The number of thiazole rings is 2. The molecule has 0 aliphatic heterocycles. The van der Waals surface area contributed by atoms with Gasteiger partial charge in [0.05, 0.1) is 31.3 Å². The van der Waals surface area contributed by atoms with Crippen LogP contribution in [0.4, 0.5) is 0 Å². The van der Waals surface area contributed by atoms with Crippen LogP contribution >= 0.6 is 22.7 Å². The van der Waals surface area contributed by atoms with Crippen molar-refractivity contribution in [3.63, 3.8) is 0 Å². The van der Waals surface area contributed by atoms with Crippen LogP contribution in [0, 0.1) is 0 Å². The summed E-state index contributed by atoms with van der Waals surface area (Å²) in [5.41, 5.74) is 3.29. The SMILES string of the molecule is COc1ccc(-c2nc(CC(=O)OCc3csc(CC(=O)NCc4ccccc4)n3)cs2)cc1. The van der Waals surface area contributed by atoms with Gasteiger partial charge < -0.3 is 14.8 Å². The molecule has 0 aliphatic carbocycles. The number of aromatic nitrogens is 2. The first-order valence-electron chi connectivity index (χ1n) is 10.6. The van der Waals surface area contributed by atoms with Gasteiger partial charge in [0.2, 0.25) is 5.91 Å². The van der Waals surface area contributed by atoms with E-state index in [0.717, 1.165) is 21.9 Å². The van der Waals surface area contributed by atoms with Gasteiger partial charge in [0.15, 0.2) is 0 Å². The Kier molecular flexibility index (Phi) is 8.00. The summed E-state index contributed by atoms with van der Waals surface area (Å²) in [5, 5.41) is 8.06. The predicted octanol–water partition coefficient (Wildman–Crippen LogP) is 4.42. The van der Waals surface area contributed by atoms with Gasteiger partial charge in [-0.1, -0.05) is 30.3 Å². The molecule has 0 aliphatic rings. The summed E-state index contributed by atoms with van der Waals surface area (Å²) >= 11 is 2.85. The molecular formula is C25H23N3O4S2. The lowest BCUT2D eigenvalue weighted by Gasteiger charge is -2.04. The summed E-state index contributed by atoms with van der Waals surface area (Å²) in [5.74, 6) is 0.307. The Balaban J connectivity index is 1.21. The van der Waals surface area contributed by atoms with Crippen molar-refractivity contribution in [2.75, 3.05) is 7.11 Å². The average Bonchev–Trinajstić information content (AvgIpc) is 3.52. The highest BCUT2D eigenvalue weighted by atomic mass is 32.1. The zero-order valence-electron chi connectivity index (χ0n) is 18.5. The van der Waals surface area contributed by atoms with Crippen molar-refractivity contribution in [3.8, 4) is 16.3 Å². The maximum atomic E-state index is 12.3. The summed E-state index contributed by atoms with van der Waals surface area (Å²) in [6, 6.07) is 17.3. The van der Waals surface area contributed by atoms with E-state index in [-0.39, 0.29) is 31.3 Å². The molecule has 2 aromatic carbocycles. The maximum absolute atomic E-state index is 12.3. The molecule has 7 nitrogen and oxygen atoms in total. The predicted molar refractivity (Wildman–Crippen MR) is 132 cm³/mol. The zero-order valence-corrected chi connectivity index (χ0v) is 20.2. The molecule has 34 heavy (non-hydrogen) atoms.